The molecule has 43 heavy (non-hydrogen) atoms. The van der Waals surface area contributed by atoms with Gasteiger partial charge < -0.3 is 30.9 Å². The average Bonchev–Trinajstić information content (AvgIpc) is 3.51. The number of hydrogen-bond acceptors (Lipinski definition) is 5. The summed E-state index contributed by atoms with van der Waals surface area (Å²) in [4.78, 5) is 28.0. The number of quaternary nitrogens is 1. The summed E-state index contributed by atoms with van der Waals surface area (Å²) in [5, 5.41) is 0. The molecule has 6 aliphatic rings. The molecule has 0 bridgehead atoms. The van der Waals surface area contributed by atoms with Crippen LogP contribution in [0, 0.1) is 34.5 Å². The van der Waals surface area contributed by atoms with E-state index in [1.165, 1.54) is 90.1 Å². The third kappa shape index (κ3) is 6.11. The molecule has 6 rings (SSSR count). The molecule has 4 saturated carbocycles. The maximum Gasteiger partial charge on any atom is 0.306 e. The maximum atomic E-state index is 13.1. The second-order valence-corrected chi connectivity index (χ2v) is 16.4. The van der Waals surface area contributed by atoms with Gasteiger partial charge in [0.1, 0.15) is 12.1 Å². The molecule has 6 fully saturated rings. The molecule has 2 aliphatic heterocycles. The SMILES string of the molecule is CCCC(=O)O[C@H]1[C@@H]([N+]2(C)CCCCCC2)CC2C3CC[C@H]4C[C@H](OC(C)=O)[C@@H](N5CCCC5)C[C@]4(C)C3CC[C@@]21C.[Br-]. The van der Waals surface area contributed by atoms with E-state index in [9.17, 15) is 9.59 Å². The van der Waals surface area contributed by atoms with Crippen LogP contribution in [0.5, 0.6) is 0 Å². The highest BCUT2D eigenvalue weighted by Crippen LogP contribution is 2.67. The first kappa shape index (κ1) is 33.7. The molecule has 0 N–H and O–H groups in total. The quantitative estimate of drug-likeness (QED) is 0.320. The van der Waals surface area contributed by atoms with Gasteiger partial charge >= 0.3 is 11.9 Å². The summed E-state index contributed by atoms with van der Waals surface area (Å²) < 4.78 is 13.8. The normalized spacial score (nSPS) is 44.2. The van der Waals surface area contributed by atoms with Crippen LogP contribution in [-0.4, -0.2) is 78.8 Å². The Morgan fingerprint density at radius 1 is 0.884 bits per heavy atom. The Morgan fingerprint density at radius 2 is 1.58 bits per heavy atom. The van der Waals surface area contributed by atoms with Crippen molar-refractivity contribution >= 4 is 11.9 Å². The molecule has 246 valence electrons. The Kier molecular flexibility index (Phi) is 10.4. The number of esters is 2. The number of halogens is 1. The van der Waals surface area contributed by atoms with Crippen LogP contribution in [0.1, 0.15) is 124 Å². The van der Waals surface area contributed by atoms with Gasteiger partial charge in [-0.25, -0.2) is 0 Å². The third-order valence-electron chi connectivity index (χ3n) is 14.1. The van der Waals surface area contributed by atoms with Crippen molar-refractivity contribution in [3.8, 4) is 0 Å². The second kappa shape index (κ2) is 13.2. The monoisotopic (exact) mass is 664 g/mol. The van der Waals surface area contributed by atoms with Gasteiger partial charge in [0.15, 0.2) is 6.10 Å². The Hall–Kier alpha value is -0.660. The van der Waals surface area contributed by atoms with E-state index in [1.54, 1.807) is 6.92 Å². The van der Waals surface area contributed by atoms with E-state index >= 15 is 0 Å². The summed E-state index contributed by atoms with van der Waals surface area (Å²) in [6, 6.07) is 0.797. The van der Waals surface area contributed by atoms with Crippen LogP contribution in [0.15, 0.2) is 0 Å². The van der Waals surface area contributed by atoms with Crippen LogP contribution < -0.4 is 17.0 Å². The fourth-order valence-electron chi connectivity index (χ4n) is 11.9. The lowest BCUT2D eigenvalue weighted by atomic mass is 9.44. The molecule has 0 aromatic heterocycles. The number of carbonyl (C=O) groups excluding carboxylic acids is 2. The molecule has 2 heterocycles. The van der Waals surface area contributed by atoms with Crippen LogP contribution >= 0.6 is 0 Å². The van der Waals surface area contributed by atoms with Crippen LogP contribution in [0.4, 0.5) is 0 Å². The van der Waals surface area contributed by atoms with E-state index in [4.69, 9.17) is 9.47 Å². The summed E-state index contributed by atoms with van der Waals surface area (Å²) in [5.74, 6) is 2.62. The van der Waals surface area contributed by atoms with Crippen molar-refractivity contribution in [3.05, 3.63) is 0 Å². The Labute approximate surface area is 272 Å². The number of ether oxygens (including phenoxy) is 2. The van der Waals surface area contributed by atoms with Crippen molar-refractivity contribution in [2.24, 2.45) is 34.5 Å². The number of likely N-dealkylation sites (tertiary alicyclic amines) is 2. The van der Waals surface area contributed by atoms with E-state index in [-0.39, 0.29) is 46.5 Å². The van der Waals surface area contributed by atoms with Crippen molar-refractivity contribution in [3.63, 3.8) is 0 Å². The van der Waals surface area contributed by atoms with Crippen molar-refractivity contribution in [1.29, 1.82) is 0 Å². The van der Waals surface area contributed by atoms with E-state index in [2.05, 4.69) is 32.7 Å². The van der Waals surface area contributed by atoms with Gasteiger partial charge in [-0.2, -0.15) is 0 Å². The summed E-state index contributed by atoms with van der Waals surface area (Å²) in [7, 11) is 2.50. The van der Waals surface area contributed by atoms with Crippen LogP contribution in [0.25, 0.3) is 0 Å². The highest BCUT2D eigenvalue weighted by atomic mass is 79.9. The lowest BCUT2D eigenvalue weighted by molar-refractivity contribution is -0.935. The topological polar surface area (TPSA) is 55.8 Å². The zero-order valence-electron chi connectivity index (χ0n) is 28.0. The van der Waals surface area contributed by atoms with Crippen LogP contribution in [-0.2, 0) is 19.1 Å². The average molecular weight is 666 g/mol. The summed E-state index contributed by atoms with van der Waals surface area (Å²) >= 11 is 0. The molecule has 6 nitrogen and oxygen atoms in total. The second-order valence-electron chi connectivity index (χ2n) is 16.4. The number of hydrogen-bond donors (Lipinski definition) is 0. The predicted molar refractivity (Wildman–Crippen MR) is 166 cm³/mol. The van der Waals surface area contributed by atoms with Gasteiger partial charge in [-0.1, -0.05) is 20.8 Å². The van der Waals surface area contributed by atoms with Gasteiger partial charge in [-0.3, -0.25) is 14.5 Å². The molecule has 0 aromatic carbocycles. The van der Waals surface area contributed by atoms with E-state index in [0.717, 1.165) is 36.3 Å². The minimum Gasteiger partial charge on any atom is -1.00 e. The van der Waals surface area contributed by atoms with Gasteiger partial charge in [0, 0.05) is 31.2 Å². The molecule has 0 radical (unpaired) electrons. The summed E-state index contributed by atoms with van der Waals surface area (Å²) in [6.45, 7) is 13.6. The standard InChI is InChI=1S/C36H61N2O4.BrH/c1-6-13-33(40)42-34-31(38(5)20-11-7-8-12-21-38)23-29-27-15-14-26-22-32(41-25(2)39)30(37-18-9-10-19-37)24-36(26,4)28(27)16-17-35(29,34)3;/h26-32,34H,6-24H2,1-5H3;1H/q+1;/p-1/t26-,27?,28?,29?,30-,31-,32-,34-,35-,36-;/m0./s1. The highest BCUT2D eigenvalue weighted by molar-refractivity contribution is 5.69. The smallest absolute Gasteiger partial charge is 0.306 e. The molecule has 7 heteroatoms. The Balaban J connectivity index is 0.00000368. The fraction of sp³-hybridized carbons (Fsp3) is 0.944. The number of rotatable bonds is 6. The zero-order chi connectivity index (χ0) is 29.7. The molecule has 10 atom stereocenters. The van der Waals surface area contributed by atoms with Gasteiger partial charge in [0.25, 0.3) is 0 Å². The predicted octanol–water partition coefficient (Wildman–Crippen LogP) is 3.75. The zero-order valence-corrected chi connectivity index (χ0v) is 29.5. The number of nitrogens with zero attached hydrogens (tertiary/aromatic N) is 2. The van der Waals surface area contributed by atoms with Gasteiger partial charge in [-0.05, 0) is 126 Å². The maximum absolute atomic E-state index is 13.1. The van der Waals surface area contributed by atoms with E-state index in [1.807, 2.05) is 0 Å². The summed E-state index contributed by atoms with van der Waals surface area (Å²) in [6.07, 6.45) is 17.8. The Morgan fingerprint density at radius 3 is 2.23 bits per heavy atom. The number of carbonyl (C=O) groups is 2. The van der Waals surface area contributed by atoms with Crippen molar-refractivity contribution < 1.29 is 40.5 Å². The van der Waals surface area contributed by atoms with Gasteiger partial charge in [0.05, 0.1) is 20.1 Å². The first-order valence-corrected chi connectivity index (χ1v) is 18.0. The first-order chi connectivity index (χ1) is 20.1. The molecule has 3 unspecified atom stereocenters. The van der Waals surface area contributed by atoms with Crippen LogP contribution in [0.2, 0.25) is 0 Å². The third-order valence-corrected chi connectivity index (χ3v) is 14.1. The molecule has 2 saturated heterocycles. The number of likely N-dealkylation sites (N-methyl/N-ethyl adjacent to an activating group) is 1. The molecule has 4 aliphatic carbocycles. The van der Waals surface area contributed by atoms with Crippen molar-refractivity contribution in [2.45, 2.75) is 148 Å². The lowest BCUT2D eigenvalue weighted by Crippen LogP contribution is -3.00. The highest BCUT2D eigenvalue weighted by Gasteiger charge is 2.67. The Bertz CT molecular complexity index is 994. The molecular formula is C36H61BrN2O4. The minimum atomic E-state index is -0.110. The first-order valence-electron chi connectivity index (χ1n) is 18.0. The molecule has 0 aromatic rings. The van der Waals surface area contributed by atoms with Crippen molar-refractivity contribution in [2.75, 3.05) is 33.2 Å². The van der Waals surface area contributed by atoms with Crippen LogP contribution in [0.3, 0.4) is 0 Å². The molecule has 0 amide bonds. The van der Waals surface area contributed by atoms with E-state index in [0.29, 0.717) is 41.7 Å². The molecule has 0 spiro atoms. The molecular weight excluding hydrogens is 604 g/mol. The van der Waals surface area contributed by atoms with E-state index < -0.39 is 0 Å². The minimum absolute atomic E-state index is 0. The largest absolute Gasteiger partial charge is 1.00 e. The van der Waals surface area contributed by atoms with Gasteiger partial charge in [0.2, 0.25) is 0 Å². The fourth-order valence-corrected chi connectivity index (χ4v) is 11.9. The van der Waals surface area contributed by atoms with Gasteiger partial charge in [-0.15, -0.1) is 0 Å². The lowest BCUT2D eigenvalue weighted by Gasteiger charge is -2.62. The number of fused-ring (bicyclic) bond motifs is 5. The summed E-state index contributed by atoms with van der Waals surface area (Å²) in [5.41, 5.74) is 0.372. The van der Waals surface area contributed by atoms with Crippen molar-refractivity contribution in [1.82, 2.24) is 4.90 Å².